The molecule has 176 valence electrons. The number of carbonyl (C=O) groups is 2. The van der Waals surface area contributed by atoms with Crippen LogP contribution < -0.4 is 10.3 Å². The van der Waals surface area contributed by atoms with Gasteiger partial charge in [-0.25, -0.2) is 9.99 Å². The van der Waals surface area contributed by atoms with E-state index in [2.05, 4.69) is 26.2 Å². The van der Waals surface area contributed by atoms with Crippen molar-refractivity contribution in [2.45, 2.75) is 19.8 Å². The van der Waals surface area contributed by atoms with Gasteiger partial charge < -0.3 is 10.1 Å². The number of benzene rings is 2. The van der Waals surface area contributed by atoms with Crippen LogP contribution in [-0.2, 0) is 14.3 Å². The van der Waals surface area contributed by atoms with Crippen LogP contribution in [0.2, 0.25) is 4.47 Å². The Morgan fingerprint density at radius 1 is 1.35 bits per heavy atom. The highest BCUT2D eigenvalue weighted by molar-refractivity contribution is 7.15. The van der Waals surface area contributed by atoms with E-state index in [1.54, 1.807) is 18.5 Å². The Balaban J connectivity index is 0.000000604. The molecule has 1 unspecified atom stereocenters. The number of ether oxygens (including phenoxy) is 1. The lowest BCUT2D eigenvalue weighted by Gasteiger charge is -2.18. The predicted octanol–water partition coefficient (Wildman–Crippen LogP) is 4.48. The number of hydrazone groups is 1. The van der Waals surface area contributed by atoms with Crippen LogP contribution in [0.25, 0.3) is 0 Å². The number of aryl methyl sites for hydroxylation is 1. The van der Waals surface area contributed by atoms with Crippen molar-refractivity contribution in [1.82, 2.24) is 10.3 Å². The lowest BCUT2D eigenvalue weighted by Crippen LogP contribution is -2.22. The number of nitrogens with one attached hydrogen (secondary N) is 1. The van der Waals surface area contributed by atoms with Crippen LogP contribution in [0, 0.1) is 18.3 Å². The highest BCUT2D eigenvalue weighted by atomic mass is 35.5. The first kappa shape index (κ1) is 26.7. The molecular formula is C24H24ClN5O3S. The fraction of sp³-hybridized carbons (Fsp3) is 0.208. The Morgan fingerprint density at radius 2 is 2.09 bits per heavy atom. The zero-order valence-electron chi connectivity index (χ0n) is 18.9. The number of amides is 2. The summed E-state index contributed by atoms with van der Waals surface area (Å²) in [5.74, 6) is -0.664. The average molecular weight is 498 g/mol. The number of halogens is 1. The van der Waals surface area contributed by atoms with Crippen LogP contribution >= 0.6 is 22.9 Å². The minimum absolute atomic E-state index is 0.203. The molecule has 2 aromatic carbocycles. The van der Waals surface area contributed by atoms with Gasteiger partial charge in [0.05, 0.1) is 18.0 Å². The summed E-state index contributed by atoms with van der Waals surface area (Å²) in [6.45, 7) is 3.66. The SMILES string of the molecule is CC(=O)N(/N=C/c1ccccc1)c1ccc(C(C#N)c2cnc(Cl)s2)c(C)c1.COCNC=O. The summed E-state index contributed by atoms with van der Waals surface area (Å²) < 4.78 is 4.84. The van der Waals surface area contributed by atoms with Gasteiger partial charge in [0, 0.05) is 25.1 Å². The second-order valence-electron chi connectivity index (χ2n) is 6.86. The molecule has 1 heterocycles. The molecule has 3 aromatic rings. The Hall–Kier alpha value is -3.58. The van der Waals surface area contributed by atoms with E-state index in [-0.39, 0.29) is 5.91 Å². The number of nitriles is 1. The largest absolute Gasteiger partial charge is 0.365 e. The van der Waals surface area contributed by atoms with Gasteiger partial charge in [-0.05, 0) is 35.7 Å². The van der Waals surface area contributed by atoms with Crippen LogP contribution in [-0.4, -0.2) is 37.4 Å². The number of hydrogen-bond acceptors (Lipinski definition) is 7. The summed E-state index contributed by atoms with van der Waals surface area (Å²) in [7, 11) is 1.51. The zero-order chi connectivity index (χ0) is 24.9. The smallest absolute Gasteiger partial charge is 0.244 e. The second-order valence-corrected chi connectivity index (χ2v) is 8.50. The van der Waals surface area contributed by atoms with Gasteiger partial charge in [0.15, 0.2) is 4.47 Å². The number of methoxy groups -OCH3 is 1. The van der Waals surface area contributed by atoms with Crippen LogP contribution in [0.3, 0.4) is 0 Å². The summed E-state index contributed by atoms with van der Waals surface area (Å²) in [5, 5.41) is 17.6. The van der Waals surface area contributed by atoms with Crippen molar-refractivity contribution in [3.63, 3.8) is 0 Å². The summed E-state index contributed by atoms with van der Waals surface area (Å²) in [6.07, 6.45) is 3.85. The minimum atomic E-state index is -0.461. The van der Waals surface area contributed by atoms with E-state index in [0.717, 1.165) is 21.6 Å². The van der Waals surface area contributed by atoms with Gasteiger partial charge in [0.2, 0.25) is 12.3 Å². The Kier molecular flexibility index (Phi) is 10.9. The number of anilines is 1. The molecule has 0 aliphatic heterocycles. The van der Waals surface area contributed by atoms with E-state index >= 15 is 0 Å². The number of thiazole rings is 1. The number of aromatic nitrogens is 1. The maximum Gasteiger partial charge on any atom is 0.244 e. The van der Waals surface area contributed by atoms with Gasteiger partial charge in [-0.3, -0.25) is 9.59 Å². The van der Waals surface area contributed by atoms with Gasteiger partial charge in [0.25, 0.3) is 0 Å². The third-order valence-electron chi connectivity index (χ3n) is 4.45. The van der Waals surface area contributed by atoms with Crippen LogP contribution in [0.4, 0.5) is 5.69 Å². The molecule has 8 nitrogen and oxygen atoms in total. The Labute approximate surface area is 207 Å². The molecule has 0 spiro atoms. The predicted molar refractivity (Wildman–Crippen MR) is 134 cm³/mol. The molecule has 0 aliphatic rings. The van der Waals surface area contributed by atoms with Crippen molar-refractivity contribution in [3.8, 4) is 6.07 Å². The Morgan fingerprint density at radius 3 is 2.59 bits per heavy atom. The Bertz CT molecular complexity index is 1160. The van der Waals surface area contributed by atoms with Gasteiger partial charge in [-0.1, -0.05) is 48.0 Å². The maximum atomic E-state index is 12.1. The van der Waals surface area contributed by atoms with E-state index in [1.165, 1.54) is 30.4 Å². The van der Waals surface area contributed by atoms with Gasteiger partial charge in [0.1, 0.15) is 12.6 Å². The third-order valence-corrected chi connectivity index (χ3v) is 5.63. The molecule has 0 saturated carbocycles. The van der Waals surface area contributed by atoms with E-state index in [9.17, 15) is 14.9 Å². The molecule has 1 atom stereocenters. The van der Waals surface area contributed by atoms with Crippen molar-refractivity contribution >= 4 is 47.2 Å². The fourth-order valence-electron chi connectivity index (χ4n) is 2.91. The monoisotopic (exact) mass is 497 g/mol. The van der Waals surface area contributed by atoms with Crippen LogP contribution in [0.5, 0.6) is 0 Å². The zero-order valence-corrected chi connectivity index (χ0v) is 20.5. The number of nitrogens with zero attached hydrogens (tertiary/aromatic N) is 4. The second kappa shape index (κ2) is 13.9. The summed E-state index contributed by atoms with van der Waals surface area (Å²) in [6, 6.07) is 17.4. The molecule has 0 aliphatic carbocycles. The first-order chi connectivity index (χ1) is 16.4. The first-order valence-electron chi connectivity index (χ1n) is 10.1. The molecule has 0 radical (unpaired) electrons. The topological polar surface area (TPSA) is 108 Å². The number of rotatable bonds is 8. The summed E-state index contributed by atoms with van der Waals surface area (Å²) >= 11 is 7.20. The van der Waals surface area contributed by atoms with E-state index in [4.69, 9.17) is 11.6 Å². The van der Waals surface area contributed by atoms with Gasteiger partial charge >= 0.3 is 0 Å². The molecule has 34 heavy (non-hydrogen) atoms. The lowest BCUT2D eigenvalue weighted by atomic mass is 9.94. The van der Waals surface area contributed by atoms with Crippen molar-refractivity contribution in [1.29, 1.82) is 5.26 Å². The number of carbonyl (C=O) groups excluding carboxylic acids is 2. The van der Waals surface area contributed by atoms with Crippen molar-refractivity contribution < 1.29 is 14.3 Å². The molecule has 0 bridgehead atoms. The van der Waals surface area contributed by atoms with E-state index < -0.39 is 5.92 Å². The molecule has 0 fully saturated rings. The minimum Gasteiger partial charge on any atom is -0.365 e. The van der Waals surface area contributed by atoms with E-state index in [0.29, 0.717) is 23.3 Å². The summed E-state index contributed by atoms with van der Waals surface area (Å²) in [5.41, 5.74) is 3.27. The molecule has 2 amide bonds. The molecule has 1 aromatic heterocycles. The maximum absolute atomic E-state index is 12.1. The van der Waals surface area contributed by atoms with Crippen LogP contribution in [0.15, 0.2) is 59.8 Å². The third kappa shape index (κ3) is 7.78. The number of hydrogen-bond donors (Lipinski definition) is 1. The van der Waals surface area contributed by atoms with Gasteiger partial charge in [-0.2, -0.15) is 10.4 Å². The lowest BCUT2D eigenvalue weighted by molar-refractivity contribution is -0.116. The molecule has 0 saturated heterocycles. The van der Waals surface area contributed by atoms with Crippen molar-refractivity contribution in [2.24, 2.45) is 5.10 Å². The quantitative estimate of drug-likeness (QED) is 0.162. The fourth-order valence-corrected chi connectivity index (χ4v) is 3.93. The van der Waals surface area contributed by atoms with Crippen molar-refractivity contribution in [3.05, 3.63) is 80.8 Å². The first-order valence-corrected chi connectivity index (χ1v) is 11.3. The normalized spacial score (nSPS) is 11.1. The molecule has 3 rings (SSSR count). The molecule has 1 N–H and O–H groups in total. The standard InChI is InChI=1S/C21H17ClN4OS.C3H7NO2/c1-14-10-17(26(15(2)27)25-12-16-6-4-3-5-7-16)8-9-18(14)19(11-23)20-13-24-21(22)28-20;1-6-3-4-2-5/h3-10,12-13,19H,1-2H3;2H,3H2,1H3,(H,4,5)/b25-12+;. The van der Waals surface area contributed by atoms with Gasteiger partial charge in [-0.15, -0.1) is 11.3 Å². The average Bonchev–Trinajstić information content (AvgIpc) is 3.26. The van der Waals surface area contributed by atoms with E-state index in [1.807, 2.05) is 49.4 Å². The van der Waals surface area contributed by atoms with Crippen molar-refractivity contribution in [2.75, 3.05) is 18.8 Å². The molecule has 10 heteroatoms. The molecular weight excluding hydrogens is 474 g/mol. The summed E-state index contributed by atoms with van der Waals surface area (Å²) in [4.78, 5) is 26.3. The van der Waals surface area contributed by atoms with Crippen LogP contribution in [0.1, 0.15) is 34.4 Å². The highest BCUT2D eigenvalue weighted by Gasteiger charge is 2.20. The highest BCUT2D eigenvalue weighted by Crippen LogP contribution is 2.33.